The summed E-state index contributed by atoms with van der Waals surface area (Å²) in [6.45, 7) is 2.00. The van der Waals surface area contributed by atoms with Gasteiger partial charge in [0.2, 0.25) is 10.0 Å². The van der Waals surface area contributed by atoms with Crippen molar-refractivity contribution in [3.8, 4) is 6.07 Å². The Hall–Kier alpha value is -3.38. The Morgan fingerprint density at radius 1 is 1.09 bits per heavy atom. The molecule has 1 aromatic heterocycles. The van der Waals surface area contributed by atoms with Crippen LogP contribution in [-0.4, -0.2) is 18.6 Å². The average Bonchev–Trinajstić information content (AvgIpc) is 3.20. The summed E-state index contributed by atoms with van der Waals surface area (Å²) >= 11 is 5.91. The van der Waals surface area contributed by atoms with Gasteiger partial charge < -0.3 is 10.2 Å². The molecule has 7 nitrogen and oxygen atoms in total. The second kappa shape index (κ2) is 9.83. The van der Waals surface area contributed by atoms with Gasteiger partial charge in [-0.2, -0.15) is 9.57 Å². The lowest BCUT2D eigenvalue weighted by Gasteiger charge is -2.21. The molecule has 0 saturated heterocycles. The van der Waals surface area contributed by atoms with E-state index >= 15 is 0 Å². The number of carbonyl (C=O) groups excluding carboxylic acids is 1. The Morgan fingerprint density at radius 2 is 1.75 bits per heavy atom. The largest absolute Gasteiger partial charge is 0.460 e. The van der Waals surface area contributed by atoms with Gasteiger partial charge in [0, 0.05) is 17.6 Å². The van der Waals surface area contributed by atoms with E-state index in [0.29, 0.717) is 10.8 Å². The van der Waals surface area contributed by atoms with E-state index in [9.17, 15) is 13.2 Å². The van der Waals surface area contributed by atoms with Crippen LogP contribution in [0.4, 0.5) is 0 Å². The van der Waals surface area contributed by atoms with E-state index < -0.39 is 15.9 Å². The molecule has 0 aliphatic heterocycles. The van der Waals surface area contributed by atoms with E-state index in [4.69, 9.17) is 27.0 Å². The first-order chi connectivity index (χ1) is 15.2. The highest BCUT2D eigenvalue weighted by molar-refractivity contribution is 7.89. The first-order valence-corrected chi connectivity index (χ1v) is 11.3. The number of hydrogen-bond donors (Lipinski definition) is 1. The minimum atomic E-state index is -3.88. The van der Waals surface area contributed by atoms with Crippen LogP contribution in [-0.2, 0) is 27.9 Å². The van der Waals surface area contributed by atoms with Crippen LogP contribution in [0.1, 0.15) is 22.6 Å². The number of nitrogens with two attached hydrogens (primary N) is 1. The Bertz CT molecular complexity index is 1290. The predicted molar refractivity (Wildman–Crippen MR) is 121 cm³/mol. The fourth-order valence-corrected chi connectivity index (χ4v) is 4.43. The minimum Gasteiger partial charge on any atom is -0.460 e. The predicted octanol–water partition coefficient (Wildman–Crippen LogP) is 4.02. The van der Waals surface area contributed by atoms with Crippen LogP contribution < -0.4 is 5.73 Å². The number of benzene rings is 2. The van der Waals surface area contributed by atoms with Crippen molar-refractivity contribution >= 4 is 33.6 Å². The SMILES string of the molecule is Cc1ccc(CN(Cc2ccc(/C=C(/C#N)C(N)=O)o2)S(=O)(=O)c2ccc(Cl)cc2)cc1. The fourth-order valence-electron chi connectivity index (χ4n) is 2.91. The van der Waals surface area contributed by atoms with Gasteiger partial charge in [-0.25, -0.2) is 8.42 Å². The molecule has 3 rings (SSSR count). The molecule has 1 amide bonds. The highest BCUT2D eigenvalue weighted by Gasteiger charge is 2.26. The van der Waals surface area contributed by atoms with Crippen molar-refractivity contribution in [2.45, 2.75) is 24.9 Å². The number of rotatable bonds is 8. The number of aryl methyl sites for hydroxylation is 1. The maximum absolute atomic E-state index is 13.4. The van der Waals surface area contributed by atoms with Crippen LogP contribution in [0.2, 0.25) is 5.02 Å². The van der Waals surface area contributed by atoms with Crippen LogP contribution in [0.3, 0.4) is 0 Å². The second-order valence-corrected chi connectivity index (χ2v) is 9.43. The summed E-state index contributed by atoms with van der Waals surface area (Å²) < 4.78 is 33.7. The molecule has 0 aliphatic rings. The molecule has 164 valence electrons. The maximum atomic E-state index is 13.4. The molecule has 3 aromatic rings. The molecular weight excluding hydrogens is 450 g/mol. The van der Waals surface area contributed by atoms with E-state index in [0.717, 1.165) is 11.1 Å². The fraction of sp³-hybridized carbons (Fsp3) is 0.130. The molecule has 32 heavy (non-hydrogen) atoms. The summed E-state index contributed by atoms with van der Waals surface area (Å²) in [6, 6.07) is 18.3. The van der Waals surface area contributed by atoms with E-state index in [1.807, 2.05) is 31.2 Å². The summed E-state index contributed by atoms with van der Waals surface area (Å²) in [5.74, 6) is -0.325. The summed E-state index contributed by atoms with van der Waals surface area (Å²) in [5, 5.41) is 9.42. The average molecular weight is 470 g/mol. The highest BCUT2D eigenvalue weighted by atomic mass is 35.5. The van der Waals surface area contributed by atoms with Gasteiger partial charge in [-0.1, -0.05) is 41.4 Å². The molecule has 2 aromatic carbocycles. The minimum absolute atomic E-state index is 0.0644. The Morgan fingerprint density at radius 3 is 2.34 bits per heavy atom. The third-order valence-electron chi connectivity index (χ3n) is 4.62. The van der Waals surface area contributed by atoms with Crippen molar-refractivity contribution in [2.75, 3.05) is 0 Å². The molecule has 2 N–H and O–H groups in total. The number of furan rings is 1. The number of amides is 1. The number of nitrogens with zero attached hydrogens (tertiary/aromatic N) is 2. The van der Waals surface area contributed by atoms with Gasteiger partial charge in [0.15, 0.2) is 0 Å². The van der Waals surface area contributed by atoms with E-state index in [1.165, 1.54) is 40.7 Å². The molecule has 1 heterocycles. The van der Waals surface area contributed by atoms with Crippen LogP contribution >= 0.6 is 11.6 Å². The van der Waals surface area contributed by atoms with Gasteiger partial charge in [0.25, 0.3) is 5.91 Å². The van der Waals surface area contributed by atoms with Crippen LogP contribution in [0, 0.1) is 18.3 Å². The molecule has 0 atom stereocenters. The van der Waals surface area contributed by atoms with Gasteiger partial charge in [0.1, 0.15) is 23.2 Å². The quantitative estimate of drug-likeness (QED) is 0.395. The molecule has 0 fully saturated rings. The van der Waals surface area contributed by atoms with Gasteiger partial charge >= 0.3 is 0 Å². The highest BCUT2D eigenvalue weighted by Crippen LogP contribution is 2.24. The number of sulfonamides is 1. The molecule has 0 saturated carbocycles. The first kappa shape index (κ1) is 23.3. The summed E-state index contributed by atoms with van der Waals surface area (Å²) in [4.78, 5) is 11.4. The van der Waals surface area contributed by atoms with Gasteiger partial charge in [-0.15, -0.1) is 0 Å². The Balaban J connectivity index is 1.94. The topological polar surface area (TPSA) is 117 Å². The number of carbonyl (C=O) groups is 1. The van der Waals surface area contributed by atoms with Gasteiger partial charge in [0.05, 0.1) is 11.4 Å². The lowest BCUT2D eigenvalue weighted by Crippen LogP contribution is -2.30. The molecule has 0 aliphatic carbocycles. The van der Waals surface area contributed by atoms with Crippen molar-refractivity contribution < 1.29 is 17.6 Å². The zero-order valence-electron chi connectivity index (χ0n) is 17.2. The van der Waals surface area contributed by atoms with Crippen LogP contribution in [0.15, 0.2) is 75.5 Å². The molecule has 9 heteroatoms. The van der Waals surface area contributed by atoms with Crippen molar-refractivity contribution in [1.29, 1.82) is 5.26 Å². The van der Waals surface area contributed by atoms with E-state index in [2.05, 4.69) is 0 Å². The second-order valence-electron chi connectivity index (χ2n) is 7.05. The molecule has 0 spiro atoms. The summed E-state index contributed by atoms with van der Waals surface area (Å²) in [6.07, 6.45) is 1.21. The van der Waals surface area contributed by atoms with Crippen LogP contribution in [0.5, 0.6) is 0 Å². The van der Waals surface area contributed by atoms with E-state index in [1.54, 1.807) is 12.1 Å². The zero-order valence-corrected chi connectivity index (χ0v) is 18.7. The number of primary amides is 1. The zero-order chi connectivity index (χ0) is 23.3. The number of nitriles is 1. The Labute approximate surface area is 191 Å². The molecule has 0 unspecified atom stereocenters. The maximum Gasteiger partial charge on any atom is 0.259 e. The van der Waals surface area contributed by atoms with Crippen molar-refractivity contribution in [2.24, 2.45) is 5.73 Å². The summed E-state index contributed by atoms with van der Waals surface area (Å²) in [7, 11) is -3.88. The lowest BCUT2D eigenvalue weighted by molar-refractivity contribution is -0.114. The van der Waals surface area contributed by atoms with Gasteiger partial charge in [-0.05, 0) is 48.9 Å². The molecule has 0 bridgehead atoms. The monoisotopic (exact) mass is 469 g/mol. The normalized spacial score (nSPS) is 12.0. The number of halogens is 1. The van der Waals surface area contributed by atoms with Crippen molar-refractivity contribution in [1.82, 2.24) is 4.31 Å². The van der Waals surface area contributed by atoms with E-state index in [-0.39, 0.29) is 29.3 Å². The first-order valence-electron chi connectivity index (χ1n) is 9.50. The Kier molecular flexibility index (Phi) is 7.15. The molecular formula is C23H20ClN3O4S. The lowest BCUT2D eigenvalue weighted by atomic mass is 10.1. The summed E-state index contributed by atoms with van der Waals surface area (Å²) in [5.41, 5.74) is 6.74. The van der Waals surface area contributed by atoms with Crippen molar-refractivity contribution in [3.05, 3.63) is 93.9 Å². The third-order valence-corrected chi connectivity index (χ3v) is 6.68. The standard InChI is InChI=1S/C23H20ClN3O4S/c1-16-2-4-17(5-3-16)14-27(32(29,30)22-10-6-19(24)7-11-22)15-21-9-8-20(31-21)12-18(13-25)23(26)28/h2-12H,14-15H2,1H3,(H2,26,28)/b18-12-. The molecule has 0 radical (unpaired) electrons. The van der Waals surface area contributed by atoms with Gasteiger partial charge in [-0.3, -0.25) is 4.79 Å². The van der Waals surface area contributed by atoms with Crippen molar-refractivity contribution in [3.63, 3.8) is 0 Å². The number of hydrogen-bond acceptors (Lipinski definition) is 5. The van der Waals surface area contributed by atoms with Crippen LogP contribution in [0.25, 0.3) is 6.08 Å². The third kappa shape index (κ3) is 5.65. The smallest absolute Gasteiger partial charge is 0.259 e.